The molecule has 0 amide bonds. The minimum Gasteiger partial charge on any atom is -0.353 e. The lowest BCUT2D eigenvalue weighted by atomic mass is 10.1. The van der Waals surface area contributed by atoms with Gasteiger partial charge in [-0.1, -0.05) is 0 Å². The second-order valence-corrected chi connectivity index (χ2v) is 7.12. The van der Waals surface area contributed by atoms with Crippen molar-refractivity contribution in [1.82, 2.24) is 10.2 Å². The molecular weight excluding hydrogens is 264 g/mol. The van der Waals surface area contributed by atoms with E-state index in [1.807, 2.05) is 6.92 Å². The van der Waals surface area contributed by atoms with Crippen molar-refractivity contribution < 1.29 is 8.42 Å². The van der Waals surface area contributed by atoms with Gasteiger partial charge in [0.15, 0.2) is 15.7 Å². The monoisotopic (exact) mass is 280 g/mol. The van der Waals surface area contributed by atoms with Crippen molar-refractivity contribution in [3.8, 4) is 6.07 Å². The number of sulfone groups is 1. The molecule has 1 fully saturated rings. The largest absolute Gasteiger partial charge is 0.353 e. The van der Waals surface area contributed by atoms with E-state index in [0.29, 0.717) is 23.5 Å². The van der Waals surface area contributed by atoms with E-state index in [9.17, 15) is 13.7 Å². The predicted molar refractivity (Wildman–Crippen MR) is 71.7 cm³/mol. The van der Waals surface area contributed by atoms with E-state index < -0.39 is 9.84 Å². The summed E-state index contributed by atoms with van der Waals surface area (Å²) in [6.07, 6.45) is 0.568. The van der Waals surface area contributed by atoms with Crippen LogP contribution in [0.4, 0.5) is 5.82 Å². The van der Waals surface area contributed by atoms with Gasteiger partial charge in [0.2, 0.25) is 0 Å². The van der Waals surface area contributed by atoms with Gasteiger partial charge in [-0.2, -0.15) is 10.4 Å². The molecule has 1 saturated heterocycles. The maximum absolute atomic E-state index is 11.5. The van der Waals surface area contributed by atoms with E-state index >= 15 is 0 Å². The van der Waals surface area contributed by atoms with E-state index in [0.717, 1.165) is 5.56 Å². The SMILES string of the molecule is Cc1nnc(N(C)C2CCS(=O)(=O)C2)c(C#N)c1C. The van der Waals surface area contributed by atoms with E-state index in [2.05, 4.69) is 16.3 Å². The molecule has 0 bridgehead atoms. The fourth-order valence-electron chi connectivity index (χ4n) is 2.23. The molecule has 0 radical (unpaired) electrons. The highest BCUT2D eigenvalue weighted by molar-refractivity contribution is 7.91. The summed E-state index contributed by atoms with van der Waals surface area (Å²) in [7, 11) is -1.19. The number of aromatic nitrogens is 2. The van der Waals surface area contributed by atoms with Gasteiger partial charge >= 0.3 is 0 Å². The molecule has 2 heterocycles. The molecule has 1 atom stereocenters. The number of hydrogen-bond donors (Lipinski definition) is 0. The minimum absolute atomic E-state index is 0.114. The van der Waals surface area contributed by atoms with Crippen LogP contribution in [0, 0.1) is 25.2 Å². The summed E-state index contributed by atoms with van der Waals surface area (Å²) in [5.74, 6) is 0.776. The van der Waals surface area contributed by atoms with Gasteiger partial charge in [0.05, 0.1) is 17.2 Å². The summed E-state index contributed by atoms with van der Waals surface area (Å²) < 4.78 is 23.0. The number of rotatable bonds is 2. The van der Waals surface area contributed by atoms with Crippen LogP contribution in [0.5, 0.6) is 0 Å². The van der Waals surface area contributed by atoms with Crippen molar-refractivity contribution in [2.24, 2.45) is 0 Å². The van der Waals surface area contributed by atoms with Gasteiger partial charge in [-0.3, -0.25) is 0 Å². The second-order valence-electron chi connectivity index (χ2n) is 4.89. The van der Waals surface area contributed by atoms with Gasteiger partial charge in [0, 0.05) is 13.1 Å². The molecular formula is C12H16N4O2S. The van der Waals surface area contributed by atoms with Crippen LogP contribution in [-0.2, 0) is 9.84 Å². The van der Waals surface area contributed by atoms with Gasteiger partial charge in [-0.25, -0.2) is 8.42 Å². The van der Waals surface area contributed by atoms with Crippen molar-refractivity contribution in [1.29, 1.82) is 5.26 Å². The third-order valence-corrected chi connectivity index (χ3v) is 5.39. The number of nitriles is 1. The fraction of sp³-hybridized carbons (Fsp3) is 0.583. The summed E-state index contributed by atoms with van der Waals surface area (Å²) in [5, 5.41) is 17.3. The number of hydrogen-bond acceptors (Lipinski definition) is 6. The van der Waals surface area contributed by atoms with Crippen LogP contribution in [0.1, 0.15) is 23.2 Å². The molecule has 1 aromatic rings. The third-order valence-electron chi connectivity index (χ3n) is 3.64. The lowest BCUT2D eigenvalue weighted by Crippen LogP contribution is -2.34. The average molecular weight is 280 g/mol. The molecule has 0 saturated carbocycles. The molecule has 6 nitrogen and oxygen atoms in total. The quantitative estimate of drug-likeness (QED) is 0.788. The summed E-state index contributed by atoms with van der Waals surface area (Å²) in [5.41, 5.74) is 1.98. The molecule has 1 aliphatic rings. The van der Waals surface area contributed by atoms with Crippen molar-refractivity contribution in [3.63, 3.8) is 0 Å². The molecule has 2 rings (SSSR count). The van der Waals surface area contributed by atoms with Crippen LogP contribution < -0.4 is 4.90 Å². The van der Waals surface area contributed by atoms with Crippen LogP contribution in [0.15, 0.2) is 0 Å². The average Bonchev–Trinajstić information content (AvgIpc) is 2.72. The summed E-state index contributed by atoms with van der Waals surface area (Å²) in [4.78, 5) is 1.77. The Morgan fingerprint density at radius 2 is 2.05 bits per heavy atom. The Morgan fingerprint density at radius 3 is 2.58 bits per heavy atom. The number of nitrogens with zero attached hydrogens (tertiary/aromatic N) is 4. The lowest BCUT2D eigenvalue weighted by Gasteiger charge is -2.25. The topological polar surface area (TPSA) is 87.0 Å². The summed E-state index contributed by atoms with van der Waals surface area (Å²) in [6.45, 7) is 3.62. The van der Waals surface area contributed by atoms with Crippen molar-refractivity contribution >= 4 is 15.7 Å². The Balaban J connectivity index is 2.38. The standard InChI is InChI=1S/C12H16N4O2S/c1-8-9(2)14-15-12(11(8)6-13)16(3)10-4-5-19(17,18)7-10/h10H,4-5,7H2,1-3H3. The van der Waals surface area contributed by atoms with Crippen molar-refractivity contribution in [2.45, 2.75) is 26.3 Å². The number of anilines is 1. The van der Waals surface area contributed by atoms with E-state index in [-0.39, 0.29) is 17.5 Å². The van der Waals surface area contributed by atoms with E-state index in [1.54, 1.807) is 18.9 Å². The fourth-order valence-corrected chi connectivity index (χ4v) is 4.00. The Morgan fingerprint density at radius 1 is 1.37 bits per heavy atom. The maximum atomic E-state index is 11.5. The Labute approximate surface area is 113 Å². The summed E-state index contributed by atoms with van der Waals surface area (Å²) >= 11 is 0. The normalized spacial score (nSPS) is 21.1. The van der Waals surface area contributed by atoms with Crippen molar-refractivity contribution in [2.75, 3.05) is 23.5 Å². The summed E-state index contributed by atoms with van der Waals surface area (Å²) in [6, 6.07) is 2.01. The first-order valence-electron chi connectivity index (χ1n) is 6.03. The van der Waals surface area contributed by atoms with Gasteiger partial charge in [-0.15, -0.1) is 5.10 Å². The van der Waals surface area contributed by atoms with Crippen LogP contribution >= 0.6 is 0 Å². The number of aryl methyl sites for hydroxylation is 1. The molecule has 102 valence electrons. The molecule has 0 aliphatic carbocycles. The first kappa shape index (κ1) is 13.7. The van der Waals surface area contributed by atoms with Gasteiger partial charge in [0.25, 0.3) is 0 Å². The zero-order chi connectivity index (χ0) is 14.2. The molecule has 0 N–H and O–H groups in total. The van der Waals surface area contributed by atoms with E-state index in [1.165, 1.54) is 0 Å². The first-order valence-corrected chi connectivity index (χ1v) is 7.85. The van der Waals surface area contributed by atoms with Crippen LogP contribution in [0.2, 0.25) is 0 Å². The van der Waals surface area contributed by atoms with Gasteiger partial charge in [0.1, 0.15) is 11.6 Å². The van der Waals surface area contributed by atoms with Gasteiger partial charge < -0.3 is 4.90 Å². The van der Waals surface area contributed by atoms with Crippen LogP contribution in [-0.4, -0.2) is 43.2 Å². The smallest absolute Gasteiger partial charge is 0.169 e. The highest BCUT2D eigenvalue weighted by Crippen LogP contribution is 2.25. The Kier molecular flexibility index (Phi) is 3.45. The Hall–Kier alpha value is -1.68. The zero-order valence-corrected chi connectivity index (χ0v) is 12.0. The van der Waals surface area contributed by atoms with E-state index in [4.69, 9.17) is 0 Å². The molecule has 7 heteroatoms. The zero-order valence-electron chi connectivity index (χ0n) is 11.2. The van der Waals surface area contributed by atoms with Crippen LogP contribution in [0.3, 0.4) is 0 Å². The highest BCUT2D eigenvalue weighted by atomic mass is 32.2. The maximum Gasteiger partial charge on any atom is 0.169 e. The predicted octanol–water partition coefficient (Wildman–Crippen LogP) is 0.588. The highest BCUT2D eigenvalue weighted by Gasteiger charge is 2.32. The molecule has 1 unspecified atom stereocenters. The van der Waals surface area contributed by atoms with Crippen LogP contribution in [0.25, 0.3) is 0 Å². The third kappa shape index (κ3) is 2.54. The lowest BCUT2D eigenvalue weighted by molar-refractivity contribution is 0.600. The second kappa shape index (κ2) is 4.78. The molecule has 19 heavy (non-hydrogen) atoms. The molecule has 1 aliphatic heterocycles. The van der Waals surface area contributed by atoms with Crippen molar-refractivity contribution in [3.05, 3.63) is 16.8 Å². The molecule has 0 aromatic carbocycles. The Bertz CT molecular complexity index is 648. The molecule has 0 spiro atoms. The minimum atomic E-state index is -2.96. The molecule has 1 aromatic heterocycles. The first-order chi connectivity index (χ1) is 8.85. The van der Waals surface area contributed by atoms with Gasteiger partial charge in [-0.05, 0) is 25.8 Å².